The zero-order chi connectivity index (χ0) is 51.4. The lowest BCUT2D eigenvalue weighted by molar-refractivity contribution is -0.166. The van der Waals surface area contributed by atoms with Gasteiger partial charge in [-0.05, 0) is 122 Å². The van der Waals surface area contributed by atoms with Crippen molar-refractivity contribution in [1.82, 2.24) is 0 Å². The van der Waals surface area contributed by atoms with Crippen molar-refractivity contribution in [1.29, 1.82) is 0 Å². The van der Waals surface area contributed by atoms with Crippen molar-refractivity contribution in [3.63, 3.8) is 0 Å². The van der Waals surface area contributed by atoms with Gasteiger partial charge in [-0.2, -0.15) is 0 Å². The van der Waals surface area contributed by atoms with Gasteiger partial charge in [0, 0.05) is 12.8 Å². The lowest BCUT2D eigenvalue weighted by atomic mass is 10.1. The van der Waals surface area contributed by atoms with Crippen LogP contribution in [0.5, 0.6) is 0 Å². The summed E-state index contributed by atoms with van der Waals surface area (Å²) in [5, 5.41) is 0. The predicted octanol–water partition coefficient (Wildman–Crippen LogP) is 19.0. The fourth-order valence-corrected chi connectivity index (χ4v) is 6.97. The number of carbonyl (C=O) groups excluding carboxylic acids is 3. The van der Waals surface area contributed by atoms with Gasteiger partial charge in [-0.3, -0.25) is 14.4 Å². The van der Waals surface area contributed by atoms with E-state index in [1.54, 1.807) is 6.08 Å². The molecular weight excluding hydrogens is 877 g/mol. The molecule has 0 saturated carbocycles. The number of ether oxygens (including phenoxy) is 3. The van der Waals surface area contributed by atoms with Gasteiger partial charge in [0.2, 0.25) is 0 Å². The second kappa shape index (κ2) is 57.6. The average Bonchev–Trinajstić information content (AvgIpc) is 3.37. The predicted molar refractivity (Wildman–Crippen MR) is 306 cm³/mol. The number of esters is 3. The van der Waals surface area contributed by atoms with Gasteiger partial charge in [-0.1, -0.05) is 230 Å². The van der Waals surface area contributed by atoms with Gasteiger partial charge in [0.25, 0.3) is 0 Å². The fourth-order valence-electron chi connectivity index (χ4n) is 6.97. The Bertz CT molecular complexity index is 1640. The third-order valence-corrected chi connectivity index (χ3v) is 11.0. The minimum atomic E-state index is -0.855. The van der Waals surface area contributed by atoms with E-state index in [-0.39, 0.29) is 31.6 Å². The SMILES string of the molecule is CC/C=C\C/C=C\C/C=C\C/C=C\C/C=C\CCCCCCCCCCCC(=O)OCC(COC(=O)CCCCC/C=C\C/C=C\C/C=C\CC)OC(=O)C/C=C\C/C=C\C/C=C\C/C=C\C/C=C\CC. The van der Waals surface area contributed by atoms with Crippen molar-refractivity contribution in [3.05, 3.63) is 158 Å². The van der Waals surface area contributed by atoms with E-state index in [2.05, 4.69) is 167 Å². The zero-order valence-corrected chi connectivity index (χ0v) is 45.2. The Hall–Kier alpha value is -4.97. The van der Waals surface area contributed by atoms with Crippen molar-refractivity contribution in [2.24, 2.45) is 0 Å². The van der Waals surface area contributed by atoms with Crippen LogP contribution < -0.4 is 0 Å². The monoisotopic (exact) mass is 977 g/mol. The molecule has 0 aliphatic heterocycles. The summed E-state index contributed by atoms with van der Waals surface area (Å²) in [5.74, 6) is -1.11. The van der Waals surface area contributed by atoms with Crippen LogP contribution in [0, 0.1) is 0 Å². The first-order valence-corrected chi connectivity index (χ1v) is 28.0. The van der Waals surface area contributed by atoms with Gasteiger partial charge in [0.05, 0.1) is 6.42 Å². The van der Waals surface area contributed by atoms with E-state index in [4.69, 9.17) is 14.2 Å². The van der Waals surface area contributed by atoms with Crippen molar-refractivity contribution < 1.29 is 28.6 Å². The topological polar surface area (TPSA) is 78.9 Å². The smallest absolute Gasteiger partial charge is 0.310 e. The standard InChI is InChI=1S/C65H100O6/c1-4-7-10-13-16-19-22-25-27-28-29-30-31-32-33-34-35-36-38-40-43-46-49-52-55-58-64(67)70-61-62(60-69-63(66)57-54-51-48-45-42-39-24-21-18-15-12-9-6-3)71-65(68)59-56-53-50-47-44-41-37-26-23-20-17-14-11-8-5-2/h7-12,16-21,25-27,29-30,32-33,37,39,42,44,47,53,56,62H,4-6,13-15,22-24,28,31,34-36,38,40-41,43,45-46,48-52,54-55,57-61H2,1-3H3/b10-7-,11-8-,12-9-,19-16-,20-17-,21-18-,27-25-,30-29-,33-32-,37-26-,42-39-,47-44-,56-53-. The largest absolute Gasteiger partial charge is 0.462 e. The zero-order valence-electron chi connectivity index (χ0n) is 45.2. The van der Waals surface area contributed by atoms with Crippen LogP contribution in [-0.2, 0) is 28.6 Å². The van der Waals surface area contributed by atoms with Gasteiger partial charge in [0.1, 0.15) is 13.2 Å². The number of hydrogen-bond acceptors (Lipinski definition) is 6. The van der Waals surface area contributed by atoms with Crippen LogP contribution >= 0.6 is 0 Å². The summed E-state index contributed by atoms with van der Waals surface area (Å²) in [6, 6.07) is 0. The number of carbonyl (C=O) groups is 3. The summed E-state index contributed by atoms with van der Waals surface area (Å²) >= 11 is 0. The van der Waals surface area contributed by atoms with Gasteiger partial charge in [-0.25, -0.2) is 0 Å². The quantitative estimate of drug-likeness (QED) is 0.0262. The lowest BCUT2D eigenvalue weighted by Crippen LogP contribution is -2.30. The van der Waals surface area contributed by atoms with Crippen LogP contribution in [0.3, 0.4) is 0 Å². The molecule has 0 spiro atoms. The molecule has 0 aliphatic rings. The third kappa shape index (κ3) is 55.8. The molecule has 6 nitrogen and oxygen atoms in total. The maximum absolute atomic E-state index is 12.8. The molecular formula is C65H100O6. The van der Waals surface area contributed by atoms with E-state index in [1.807, 2.05) is 6.08 Å². The van der Waals surface area contributed by atoms with Crippen molar-refractivity contribution in [2.75, 3.05) is 13.2 Å². The Morgan fingerprint density at radius 2 is 0.549 bits per heavy atom. The van der Waals surface area contributed by atoms with Crippen LogP contribution in [0.1, 0.15) is 213 Å². The lowest BCUT2D eigenvalue weighted by Gasteiger charge is -2.18. The molecule has 0 fully saturated rings. The highest BCUT2D eigenvalue weighted by molar-refractivity contribution is 5.72. The first-order chi connectivity index (χ1) is 35.0. The van der Waals surface area contributed by atoms with Gasteiger partial charge in [-0.15, -0.1) is 0 Å². The molecule has 0 aliphatic carbocycles. The molecule has 396 valence electrons. The van der Waals surface area contributed by atoms with Crippen molar-refractivity contribution in [2.45, 2.75) is 219 Å². The highest BCUT2D eigenvalue weighted by Gasteiger charge is 2.19. The molecule has 1 atom stereocenters. The fraction of sp³-hybridized carbons (Fsp3) is 0.554. The Morgan fingerprint density at radius 1 is 0.296 bits per heavy atom. The van der Waals surface area contributed by atoms with E-state index < -0.39 is 12.1 Å². The highest BCUT2D eigenvalue weighted by atomic mass is 16.6. The third-order valence-electron chi connectivity index (χ3n) is 11.0. The molecule has 0 aromatic heterocycles. The van der Waals surface area contributed by atoms with Gasteiger partial charge < -0.3 is 14.2 Å². The average molecular weight is 978 g/mol. The van der Waals surface area contributed by atoms with Crippen LogP contribution in [0.15, 0.2) is 158 Å². The molecule has 0 heterocycles. The molecule has 0 saturated heterocycles. The molecule has 0 bridgehead atoms. The molecule has 6 heteroatoms. The minimum Gasteiger partial charge on any atom is -0.462 e. The highest BCUT2D eigenvalue weighted by Crippen LogP contribution is 2.13. The minimum absolute atomic E-state index is 0.0814. The molecule has 0 amide bonds. The molecule has 71 heavy (non-hydrogen) atoms. The normalized spacial score (nSPS) is 13.3. The number of allylic oxidation sites excluding steroid dienone is 25. The Labute approximate surface area is 435 Å². The summed E-state index contributed by atoms with van der Waals surface area (Å²) in [7, 11) is 0. The first kappa shape index (κ1) is 66.0. The maximum atomic E-state index is 12.8. The Kier molecular flexibility index (Phi) is 53.6. The number of unbranched alkanes of at least 4 members (excludes halogenated alkanes) is 12. The second-order valence-electron chi connectivity index (χ2n) is 17.7. The second-order valence-corrected chi connectivity index (χ2v) is 17.7. The van der Waals surface area contributed by atoms with Crippen LogP contribution in [0.4, 0.5) is 0 Å². The molecule has 0 rings (SSSR count). The Balaban J connectivity index is 4.47. The summed E-state index contributed by atoms with van der Waals surface area (Å²) in [6.45, 7) is 6.16. The molecule has 0 radical (unpaired) electrons. The molecule has 0 aromatic rings. The van der Waals surface area contributed by atoms with E-state index in [0.717, 1.165) is 128 Å². The summed E-state index contributed by atoms with van der Waals surface area (Å²) in [4.78, 5) is 38.0. The van der Waals surface area contributed by atoms with E-state index in [1.165, 1.54) is 38.5 Å². The van der Waals surface area contributed by atoms with Crippen LogP contribution in [0.25, 0.3) is 0 Å². The van der Waals surface area contributed by atoms with Crippen LogP contribution in [0.2, 0.25) is 0 Å². The summed E-state index contributed by atoms with van der Waals surface area (Å²) in [5.41, 5.74) is 0. The molecule has 0 N–H and O–H groups in total. The Morgan fingerprint density at radius 3 is 0.873 bits per heavy atom. The van der Waals surface area contributed by atoms with Gasteiger partial charge in [0.15, 0.2) is 6.10 Å². The van der Waals surface area contributed by atoms with Crippen molar-refractivity contribution >= 4 is 17.9 Å². The van der Waals surface area contributed by atoms with E-state index in [9.17, 15) is 14.4 Å². The van der Waals surface area contributed by atoms with Crippen molar-refractivity contribution in [3.8, 4) is 0 Å². The first-order valence-electron chi connectivity index (χ1n) is 28.0. The molecule has 0 aromatic carbocycles. The number of hydrogen-bond donors (Lipinski definition) is 0. The maximum Gasteiger partial charge on any atom is 0.310 e. The molecule has 1 unspecified atom stereocenters. The van der Waals surface area contributed by atoms with Crippen LogP contribution in [-0.4, -0.2) is 37.2 Å². The van der Waals surface area contributed by atoms with E-state index >= 15 is 0 Å². The summed E-state index contributed by atoms with van der Waals surface area (Å²) < 4.78 is 16.7. The number of rotatable bonds is 48. The van der Waals surface area contributed by atoms with E-state index in [0.29, 0.717) is 19.3 Å². The summed E-state index contributed by atoms with van der Waals surface area (Å²) in [6.07, 6.45) is 84.1. The van der Waals surface area contributed by atoms with Gasteiger partial charge >= 0.3 is 17.9 Å².